The lowest BCUT2D eigenvalue weighted by atomic mass is 9.85. The molecule has 0 bridgehead atoms. The van der Waals surface area contributed by atoms with Gasteiger partial charge in [0, 0.05) is 16.5 Å². The zero-order valence-electron chi connectivity index (χ0n) is 15.4. The lowest BCUT2D eigenvalue weighted by Gasteiger charge is -2.20. The average molecular weight is 423 g/mol. The zero-order valence-corrected chi connectivity index (χ0v) is 17.0. The molecule has 1 N–H and O–H groups in total. The van der Waals surface area contributed by atoms with Crippen LogP contribution >= 0.6 is 22.9 Å². The van der Waals surface area contributed by atoms with E-state index in [2.05, 4.69) is 12.2 Å². The summed E-state index contributed by atoms with van der Waals surface area (Å²) in [6.45, 7) is 2.14. The average Bonchev–Trinajstić information content (AvgIpc) is 3.04. The molecule has 0 fully saturated rings. The number of fused-ring (bicyclic) bond motifs is 1. The maximum absolute atomic E-state index is 12.7. The van der Waals surface area contributed by atoms with Crippen molar-refractivity contribution in [1.82, 2.24) is 0 Å². The highest BCUT2D eigenvalue weighted by molar-refractivity contribution is 7.17. The van der Waals surface area contributed by atoms with Gasteiger partial charge in [-0.25, -0.2) is 4.79 Å². The molecule has 1 unspecified atom stereocenters. The Labute approximate surface area is 170 Å². The highest BCUT2D eigenvalue weighted by Gasteiger charge is 2.30. The summed E-state index contributed by atoms with van der Waals surface area (Å²) in [5, 5.41) is 14.2. The lowest BCUT2D eigenvalue weighted by Crippen LogP contribution is -2.16. The Kier molecular flexibility index (Phi) is 6.00. The van der Waals surface area contributed by atoms with Crippen LogP contribution in [0, 0.1) is 16.0 Å². The van der Waals surface area contributed by atoms with Crippen LogP contribution in [0.25, 0.3) is 0 Å². The molecule has 1 amide bonds. The highest BCUT2D eigenvalue weighted by atomic mass is 35.5. The fraction of sp³-hybridized carbons (Fsp3) is 0.368. The van der Waals surface area contributed by atoms with Gasteiger partial charge in [-0.05, 0) is 42.9 Å². The molecule has 1 atom stereocenters. The number of methoxy groups -OCH3 is 1. The number of amides is 1. The van der Waals surface area contributed by atoms with E-state index in [9.17, 15) is 19.7 Å². The van der Waals surface area contributed by atoms with Crippen LogP contribution in [-0.4, -0.2) is 23.9 Å². The first-order valence-electron chi connectivity index (χ1n) is 8.83. The number of rotatable bonds is 5. The van der Waals surface area contributed by atoms with Gasteiger partial charge in [-0.2, -0.15) is 0 Å². The van der Waals surface area contributed by atoms with Gasteiger partial charge in [-0.15, -0.1) is 11.3 Å². The van der Waals surface area contributed by atoms with Crippen LogP contribution < -0.4 is 5.32 Å². The molecule has 28 heavy (non-hydrogen) atoms. The van der Waals surface area contributed by atoms with Crippen LogP contribution in [0.4, 0.5) is 10.7 Å². The predicted molar refractivity (Wildman–Crippen MR) is 108 cm³/mol. The summed E-state index contributed by atoms with van der Waals surface area (Å²) >= 11 is 7.17. The molecule has 3 rings (SSSR count). The highest BCUT2D eigenvalue weighted by Crippen LogP contribution is 2.41. The summed E-state index contributed by atoms with van der Waals surface area (Å²) in [5.74, 6) is -0.487. The van der Waals surface area contributed by atoms with Gasteiger partial charge in [0.05, 0.1) is 17.6 Å². The minimum absolute atomic E-state index is 0.0472. The Balaban J connectivity index is 1.95. The predicted octanol–water partition coefficient (Wildman–Crippen LogP) is 4.86. The summed E-state index contributed by atoms with van der Waals surface area (Å²) in [4.78, 5) is 36.5. The van der Waals surface area contributed by atoms with Crippen LogP contribution in [0.5, 0.6) is 0 Å². The first kappa shape index (κ1) is 20.3. The number of hydrogen-bond donors (Lipinski definition) is 1. The molecule has 0 saturated heterocycles. The number of carbonyl (C=O) groups excluding carboxylic acids is 2. The van der Waals surface area contributed by atoms with Crippen molar-refractivity contribution in [3.05, 3.63) is 54.9 Å². The molecule has 1 aromatic carbocycles. The number of anilines is 1. The number of benzene rings is 1. The topological polar surface area (TPSA) is 98.5 Å². The number of hydrogen-bond acceptors (Lipinski definition) is 6. The van der Waals surface area contributed by atoms with E-state index >= 15 is 0 Å². The Morgan fingerprint density at radius 2 is 2.18 bits per heavy atom. The number of thiophene rings is 1. The number of ether oxygens (including phenoxy) is 1. The third-order valence-corrected chi connectivity index (χ3v) is 6.46. The normalized spacial score (nSPS) is 15.6. The van der Waals surface area contributed by atoms with Crippen molar-refractivity contribution in [2.75, 3.05) is 12.4 Å². The number of esters is 1. The molecule has 1 heterocycles. The summed E-state index contributed by atoms with van der Waals surface area (Å²) in [6, 6.07) is 3.83. The van der Waals surface area contributed by atoms with Gasteiger partial charge in [0.1, 0.15) is 10.0 Å². The van der Waals surface area contributed by atoms with E-state index in [1.165, 1.54) is 30.6 Å². The van der Waals surface area contributed by atoms with Crippen molar-refractivity contribution >= 4 is 45.5 Å². The second kappa shape index (κ2) is 8.28. The van der Waals surface area contributed by atoms with Crippen LogP contribution in [0.15, 0.2) is 18.2 Å². The number of nitro benzene ring substituents is 1. The fourth-order valence-electron chi connectivity index (χ4n) is 3.38. The van der Waals surface area contributed by atoms with E-state index in [-0.39, 0.29) is 16.3 Å². The molecular weight excluding hydrogens is 404 g/mol. The third kappa shape index (κ3) is 3.88. The van der Waals surface area contributed by atoms with Crippen molar-refractivity contribution in [2.24, 2.45) is 5.92 Å². The smallest absolute Gasteiger partial charge is 0.341 e. The van der Waals surface area contributed by atoms with Gasteiger partial charge in [0.15, 0.2) is 0 Å². The largest absolute Gasteiger partial charge is 0.465 e. The number of nitro groups is 1. The molecule has 2 aromatic rings. The summed E-state index contributed by atoms with van der Waals surface area (Å²) in [7, 11) is 1.30. The van der Waals surface area contributed by atoms with Crippen molar-refractivity contribution in [1.29, 1.82) is 0 Å². The van der Waals surface area contributed by atoms with E-state index in [1.807, 2.05) is 0 Å². The van der Waals surface area contributed by atoms with E-state index in [4.69, 9.17) is 16.3 Å². The standard InChI is InChI=1S/C19H19ClN2O5S/c1-3-10-4-6-12-15(8-10)28-18(16(12)19(24)27-2)21-17(23)11-5-7-13(20)14(9-11)22(25)26/h5,7,9-10H,3-4,6,8H2,1-2H3,(H,21,23). The van der Waals surface area contributed by atoms with Gasteiger partial charge in [0.2, 0.25) is 0 Å². The third-order valence-electron chi connectivity index (χ3n) is 4.97. The molecule has 7 nitrogen and oxygen atoms in total. The minimum Gasteiger partial charge on any atom is -0.465 e. The van der Waals surface area contributed by atoms with Crippen LogP contribution in [0.2, 0.25) is 5.02 Å². The monoisotopic (exact) mass is 422 g/mol. The maximum Gasteiger partial charge on any atom is 0.341 e. The second-order valence-electron chi connectivity index (χ2n) is 6.59. The zero-order chi connectivity index (χ0) is 20.4. The van der Waals surface area contributed by atoms with Crippen molar-refractivity contribution in [3.63, 3.8) is 0 Å². The van der Waals surface area contributed by atoms with E-state index in [1.54, 1.807) is 0 Å². The van der Waals surface area contributed by atoms with Gasteiger partial charge in [0.25, 0.3) is 11.6 Å². The molecule has 1 aliphatic rings. The van der Waals surface area contributed by atoms with E-state index in [0.29, 0.717) is 16.5 Å². The fourth-order valence-corrected chi connectivity index (χ4v) is 4.91. The second-order valence-corrected chi connectivity index (χ2v) is 8.11. The molecule has 1 aliphatic carbocycles. The SMILES string of the molecule is CCC1CCc2c(sc(NC(=O)c3ccc(Cl)c([N+](=O)[O-])c3)c2C(=O)OC)C1. The van der Waals surface area contributed by atoms with Gasteiger partial charge in [-0.1, -0.05) is 24.9 Å². The lowest BCUT2D eigenvalue weighted by molar-refractivity contribution is -0.384. The van der Waals surface area contributed by atoms with Crippen LogP contribution in [0.3, 0.4) is 0 Å². The van der Waals surface area contributed by atoms with Gasteiger partial charge >= 0.3 is 5.97 Å². The molecule has 0 aliphatic heterocycles. The minimum atomic E-state index is -0.645. The molecule has 0 spiro atoms. The molecule has 148 valence electrons. The van der Waals surface area contributed by atoms with Crippen molar-refractivity contribution < 1.29 is 19.2 Å². The Morgan fingerprint density at radius 1 is 1.43 bits per heavy atom. The van der Waals surface area contributed by atoms with Crippen LogP contribution in [-0.2, 0) is 17.6 Å². The summed E-state index contributed by atoms with van der Waals surface area (Å²) in [6.07, 6.45) is 3.67. The van der Waals surface area contributed by atoms with Crippen LogP contribution in [0.1, 0.15) is 50.9 Å². The summed E-state index contributed by atoms with van der Waals surface area (Å²) < 4.78 is 4.92. The first-order chi connectivity index (χ1) is 13.3. The maximum atomic E-state index is 12.7. The number of carbonyl (C=O) groups is 2. The first-order valence-corrected chi connectivity index (χ1v) is 10.0. The van der Waals surface area contributed by atoms with E-state index in [0.717, 1.165) is 42.2 Å². The van der Waals surface area contributed by atoms with Crippen molar-refractivity contribution in [3.8, 4) is 0 Å². The Bertz CT molecular complexity index is 956. The molecule has 0 radical (unpaired) electrons. The molecule has 9 heteroatoms. The quantitative estimate of drug-likeness (QED) is 0.421. The number of nitrogens with zero attached hydrogens (tertiary/aromatic N) is 1. The van der Waals surface area contributed by atoms with Gasteiger partial charge in [-0.3, -0.25) is 14.9 Å². The number of nitrogens with one attached hydrogen (secondary N) is 1. The molecule has 0 saturated carbocycles. The Morgan fingerprint density at radius 3 is 2.82 bits per heavy atom. The van der Waals surface area contributed by atoms with E-state index < -0.39 is 16.8 Å². The molecule has 1 aromatic heterocycles. The Hall–Kier alpha value is -2.45. The number of halogens is 1. The summed E-state index contributed by atoms with van der Waals surface area (Å²) in [5.41, 5.74) is 1.05. The van der Waals surface area contributed by atoms with Gasteiger partial charge < -0.3 is 10.1 Å². The van der Waals surface area contributed by atoms with Crippen molar-refractivity contribution in [2.45, 2.75) is 32.6 Å². The molecular formula is C19H19ClN2O5S.